The van der Waals surface area contributed by atoms with Crippen molar-refractivity contribution in [3.05, 3.63) is 48.5 Å². The minimum absolute atomic E-state index is 0.0928. The van der Waals surface area contributed by atoms with Crippen LogP contribution >= 0.6 is 0 Å². The van der Waals surface area contributed by atoms with Crippen LogP contribution in [-0.4, -0.2) is 52.4 Å². The van der Waals surface area contributed by atoms with Crippen LogP contribution in [0, 0.1) is 5.92 Å². The molecule has 3 aromatic rings. The summed E-state index contributed by atoms with van der Waals surface area (Å²) in [5, 5.41) is 7.08. The standard InChI is InChI=1S/C23H25N5O4/c29-23(25-18-6-7-19-20(13-18)31-12-11-30-19)28-10-2-3-16(15-28)5-8-21-26-22(32-27-21)17-4-1-9-24-14-17/h1,4,6-7,9,13-14,16H,2-3,5,8,10-12,15H2,(H,25,29). The molecule has 5 rings (SSSR count). The molecule has 1 unspecified atom stereocenters. The molecule has 1 atom stereocenters. The number of hydrogen-bond acceptors (Lipinski definition) is 7. The van der Waals surface area contributed by atoms with Crippen LogP contribution in [0.3, 0.4) is 0 Å². The van der Waals surface area contributed by atoms with Gasteiger partial charge in [0.05, 0.1) is 5.56 Å². The number of aromatic nitrogens is 3. The number of urea groups is 1. The Morgan fingerprint density at radius 1 is 1.19 bits per heavy atom. The molecule has 4 heterocycles. The van der Waals surface area contributed by atoms with Crippen molar-refractivity contribution in [1.29, 1.82) is 0 Å². The highest BCUT2D eigenvalue weighted by Crippen LogP contribution is 2.33. The van der Waals surface area contributed by atoms with Crippen molar-refractivity contribution in [2.45, 2.75) is 25.7 Å². The zero-order chi connectivity index (χ0) is 21.8. The molecule has 1 saturated heterocycles. The van der Waals surface area contributed by atoms with Gasteiger partial charge in [0, 0.05) is 43.7 Å². The van der Waals surface area contributed by atoms with E-state index in [9.17, 15) is 4.79 Å². The lowest BCUT2D eigenvalue weighted by atomic mass is 9.93. The number of piperidine rings is 1. The Hall–Kier alpha value is -3.62. The van der Waals surface area contributed by atoms with E-state index < -0.39 is 0 Å². The summed E-state index contributed by atoms with van der Waals surface area (Å²) in [6.45, 7) is 2.52. The summed E-state index contributed by atoms with van der Waals surface area (Å²) in [6, 6.07) is 9.11. The second-order valence-electron chi connectivity index (χ2n) is 8.04. The molecule has 166 valence electrons. The molecule has 2 aromatic heterocycles. The lowest BCUT2D eigenvalue weighted by molar-refractivity contribution is 0.171. The van der Waals surface area contributed by atoms with E-state index in [1.165, 1.54) is 0 Å². The predicted octanol–water partition coefficient (Wildman–Crippen LogP) is 3.78. The zero-order valence-electron chi connectivity index (χ0n) is 17.7. The number of benzene rings is 1. The van der Waals surface area contributed by atoms with E-state index in [4.69, 9.17) is 14.0 Å². The van der Waals surface area contributed by atoms with Crippen LogP contribution in [0.1, 0.15) is 25.1 Å². The Morgan fingerprint density at radius 3 is 2.97 bits per heavy atom. The number of likely N-dealkylation sites (tertiary alicyclic amines) is 1. The second kappa shape index (κ2) is 9.25. The largest absolute Gasteiger partial charge is 0.486 e. The SMILES string of the molecule is O=C(Nc1ccc2c(c1)OCCO2)N1CCCC(CCc2noc(-c3cccnc3)n2)C1. The molecule has 0 radical (unpaired) electrons. The van der Waals surface area contributed by atoms with Crippen LogP contribution in [0.4, 0.5) is 10.5 Å². The zero-order valence-corrected chi connectivity index (χ0v) is 17.7. The first-order chi connectivity index (χ1) is 15.7. The highest BCUT2D eigenvalue weighted by molar-refractivity contribution is 5.89. The van der Waals surface area contributed by atoms with Crippen LogP contribution in [-0.2, 0) is 6.42 Å². The van der Waals surface area contributed by atoms with Crippen molar-refractivity contribution in [1.82, 2.24) is 20.0 Å². The Balaban J connectivity index is 1.14. The highest BCUT2D eigenvalue weighted by Gasteiger charge is 2.24. The molecule has 9 nitrogen and oxygen atoms in total. The summed E-state index contributed by atoms with van der Waals surface area (Å²) in [5.41, 5.74) is 1.52. The molecule has 1 N–H and O–H groups in total. The summed E-state index contributed by atoms with van der Waals surface area (Å²) in [4.78, 5) is 23.2. The number of carbonyl (C=O) groups is 1. The van der Waals surface area contributed by atoms with Crippen LogP contribution in [0.25, 0.3) is 11.5 Å². The molecule has 0 aliphatic carbocycles. The third kappa shape index (κ3) is 4.66. The number of hydrogen-bond donors (Lipinski definition) is 1. The normalized spacial score (nSPS) is 17.8. The lowest BCUT2D eigenvalue weighted by Crippen LogP contribution is -2.42. The number of pyridine rings is 1. The fraction of sp³-hybridized carbons (Fsp3) is 0.391. The number of carbonyl (C=O) groups excluding carboxylic acids is 1. The number of anilines is 1. The molecule has 1 aromatic carbocycles. The van der Waals surface area contributed by atoms with E-state index in [1.807, 2.05) is 35.2 Å². The van der Waals surface area contributed by atoms with Gasteiger partial charge in [-0.1, -0.05) is 5.16 Å². The van der Waals surface area contributed by atoms with Gasteiger partial charge in [-0.25, -0.2) is 4.79 Å². The second-order valence-corrected chi connectivity index (χ2v) is 8.04. The van der Waals surface area contributed by atoms with Crippen molar-refractivity contribution in [3.8, 4) is 23.0 Å². The van der Waals surface area contributed by atoms with Crippen molar-refractivity contribution in [2.24, 2.45) is 5.92 Å². The fourth-order valence-corrected chi connectivity index (χ4v) is 4.10. The highest BCUT2D eigenvalue weighted by atomic mass is 16.6. The van der Waals surface area contributed by atoms with Gasteiger partial charge >= 0.3 is 6.03 Å². The van der Waals surface area contributed by atoms with E-state index >= 15 is 0 Å². The minimum Gasteiger partial charge on any atom is -0.486 e. The fourth-order valence-electron chi connectivity index (χ4n) is 4.10. The van der Waals surface area contributed by atoms with Crippen molar-refractivity contribution in [2.75, 3.05) is 31.6 Å². The van der Waals surface area contributed by atoms with Crippen LogP contribution < -0.4 is 14.8 Å². The number of nitrogens with one attached hydrogen (secondary N) is 1. The molecule has 0 saturated carbocycles. The maximum absolute atomic E-state index is 12.8. The maximum atomic E-state index is 12.8. The van der Waals surface area contributed by atoms with E-state index in [2.05, 4.69) is 20.4 Å². The third-order valence-electron chi connectivity index (χ3n) is 5.75. The van der Waals surface area contributed by atoms with Gasteiger partial charge in [0.25, 0.3) is 5.89 Å². The lowest BCUT2D eigenvalue weighted by Gasteiger charge is -2.32. The maximum Gasteiger partial charge on any atom is 0.321 e. The van der Waals surface area contributed by atoms with Crippen LogP contribution in [0.5, 0.6) is 11.5 Å². The number of amides is 2. The molecule has 0 bridgehead atoms. The topological polar surface area (TPSA) is 103 Å². The number of ether oxygens (including phenoxy) is 2. The molecule has 0 spiro atoms. The quantitative estimate of drug-likeness (QED) is 0.651. The number of nitrogens with zero attached hydrogens (tertiary/aromatic N) is 4. The number of aryl methyl sites for hydroxylation is 1. The van der Waals surface area contributed by atoms with Gasteiger partial charge in [-0.05, 0) is 49.4 Å². The first kappa shape index (κ1) is 20.3. The number of fused-ring (bicyclic) bond motifs is 1. The van der Waals surface area contributed by atoms with E-state index in [1.54, 1.807) is 12.4 Å². The predicted molar refractivity (Wildman–Crippen MR) is 117 cm³/mol. The van der Waals surface area contributed by atoms with E-state index in [0.29, 0.717) is 61.0 Å². The summed E-state index contributed by atoms with van der Waals surface area (Å²) < 4.78 is 16.5. The number of rotatable bonds is 5. The molecule has 2 amide bonds. The average molecular weight is 435 g/mol. The van der Waals surface area contributed by atoms with Gasteiger partial charge in [0.15, 0.2) is 17.3 Å². The van der Waals surface area contributed by atoms with Crippen molar-refractivity contribution in [3.63, 3.8) is 0 Å². The van der Waals surface area contributed by atoms with Gasteiger partial charge in [-0.15, -0.1) is 0 Å². The van der Waals surface area contributed by atoms with Crippen LogP contribution in [0.2, 0.25) is 0 Å². The summed E-state index contributed by atoms with van der Waals surface area (Å²) in [6.07, 6.45) is 7.09. The minimum atomic E-state index is -0.0928. The monoisotopic (exact) mass is 435 g/mol. The smallest absolute Gasteiger partial charge is 0.321 e. The van der Waals surface area contributed by atoms with Crippen LogP contribution in [0.15, 0.2) is 47.2 Å². The third-order valence-corrected chi connectivity index (χ3v) is 5.75. The summed E-state index contributed by atoms with van der Waals surface area (Å²) in [7, 11) is 0. The molecule has 2 aliphatic heterocycles. The Kier molecular flexibility index (Phi) is 5.87. The summed E-state index contributed by atoms with van der Waals surface area (Å²) >= 11 is 0. The van der Waals surface area contributed by atoms with Gasteiger partial charge in [-0.3, -0.25) is 4.98 Å². The van der Waals surface area contributed by atoms with E-state index in [-0.39, 0.29) is 6.03 Å². The van der Waals surface area contributed by atoms with E-state index in [0.717, 1.165) is 31.4 Å². The van der Waals surface area contributed by atoms with Gasteiger partial charge in [0.1, 0.15) is 13.2 Å². The Morgan fingerprint density at radius 2 is 2.09 bits per heavy atom. The Labute approximate surface area is 185 Å². The molecule has 2 aliphatic rings. The molecular formula is C23H25N5O4. The molecular weight excluding hydrogens is 410 g/mol. The van der Waals surface area contributed by atoms with Gasteiger partial charge < -0.3 is 24.2 Å². The van der Waals surface area contributed by atoms with Gasteiger partial charge in [-0.2, -0.15) is 4.98 Å². The molecule has 1 fully saturated rings. The molecule has 9 heteroatoms. The van der Waals surface area contributed by atoms with Crippen molar-refractivity contribution >= 4 is 11.7 Å². The first-order valence-corrected chi connectivity index (χ1v) is 10.9. The molecule has 32 heavy (non-hydrogen) atoms. The Bertz CT molecular complexity index is 1070. The summed E-state index contributed by atoms with van der Waals surface area (Å²) in [5.74, 6) is 2.94. The first-order valence-electron chi connectivity index (χ1n) is 10.9. The average Bonchev–Trinajstić information content (AvgIpc) is 3.33. The van der Waals surface area contributed by atoms with Gasteiger partial charge in [0.2, 0.25) is 0 Å². The van der Waals surface area contributed by atoms with Crippen molar-refractivity contribution < 1.29 is 18.8 Å².